The van der Waals surface area contributed by atoms with Crippen LogP contribution in [0.5, 0.6) is 0 Å². The van der Waals surface area contributed by atoms with Crippen molar-refractivity contribution in [3.63, 3.8) is 0 Å². The van der Waals surface area contributed by atoms with Crippen molar-refractivity contribution in [2.45, 2.75) is 25.7 Å². The first kappa shape index (κ1) is 13.4. The highest BCUT2D eigenvalue weighted by Gasteiger charge is 2.05. The van der Waals surface area contributed by atoms with Crippen LogP contribution < -0.4 is 4.90 Å². The Labute approximate surface area is 103 Å². The number of rotatable bonds is 7. The fourth-order valence-corrected chi connectivity index (χ4v) is 1.92. The van der Waals surface area contributed by atoms with Crippen LogP contribution in [0.25, 0.3) is 0 Å². The first-order valence-corrected chi connectivity index (χ1v) is 6.45. The second-order valence-electron chi connectivity index (χ2n) is 4.01. The van der Waals surface area contributed by atoms with Crippen LogP contribution in [-0.2, 0) is 0 Å². The molecule has 16 heavy (non-hydrogen) atoms. The first-order chi connectivity index (χ1) is 7.75. The predicted molar refractivity (Wildman–Crippen MR) is 72.0 cm³/mol. The molecule has 0 fully saturated rings. The topological polar surface area (TPSA) is 3.24 Å². The predicted octanol–water partition coefficient (Wildman–Crippen LogP) is 3.75. The highest BCUT2D eigenvalue weighted by molar-refractivity contribution is 7.80. The minimum absolute atomic E-state index is 0.139. The number of hydrogen-bond acceptors (Lipinski definition) is 2. The molecule has 0 aliphatic rings. The quantitative estimate of drug-likeness (QED) is 0.562. The van der Waals surface area contributed by atoms with E-state index in [-0.39, 0.29) is 5.82 Å². The summed E-state index contributed by atoms with van der Waals surface area (Å²) in [4.78, 5) is 1.98. The summed E-state index contributed by atoms with van der Waals surface area (Å²) in [6, 6.07) is 6.92. The van der Waals surface area contributed by atoms with Crippen LogP contribution in [-0.4, -0.2) is 19.3 Å². The average Bonchev–Trinajstić information content (AvgIpc) is 2.29. The van der Waals surface area contributed by atoms with Gasteiger partial charge in [0.1, 0.15) is 5.82 Å². The molecule has 1 nitrogen and oxygen atoms in total. The zero-order chi connectivity index (χ0) is 11.8. The van der Waals surface area contributed by atoms with E-state index in [0.717, 1.165) is 18.7 Å². The van der Waals surface area contributed by atoms with Gasteiger partial charge in [0.05, 0.1) is 5.69 Å². The second kappa shape index (κ2) is 7.55. The molecule has 0 aliphatic heterocycles. The van der Waals surface area contributed by atoms with Gasteiger partial charge in [-0.2, -0.15) is 12.6 Å². The van der Waals surface area contributed by atoms with Crippen molar-refractivity contribution in [3.8, 4) is 0 Å². The molecule has 0 atom stereocenters. The Balaban J connectivity index is 2.30. The molecule has 1 rings (SSSR count). The molecule has 1 aromatic carbocycles. The molecule has 0 saturated heterocycles. The Bertz CT molecular complexity index is 304. The van der Waals surface area contributed by atoms with Gasteiger partial charge in [-0.1, -0.05) is 25.0 Å². The van der Waals surface area contributed by atoms with Crippen molar-refractivity contribution in [1.29, 1.82) is 0 Å². The molecule has 0 N–H and O–H groups in total. The van der Waals surface area contributed by atoms with Gasteiger partial charge in [-0.05, 0) is 30.7 Å². The molecule has 90 valence electrons. The van der Waals surface area contributed by atoms with Gasteiger partial charge in [0, 0.05) is 13.6 Å². The van der Waals surface area contributed by atoms with E-state index in [1.165, 1.54) is 25.3 Å². The summed E-state index contributed by atoms with van der Waals surface area (Å²) in [5, 5.41) is 0. The maximum Gasteiger partial charge on any atom is 0.146 e. The molecule has 0 unspecified atom stereocenters. The fourth-order valence-electron chi connectivity index (χ4n) is 1.70. The van der Waals surface area contributed by atoms with Crippen molar-refractivity contribution in [3.05, 3.63) is 30.1 Å². The summed E-state index contributed by atoms with van der Waals surface area (Å²) in [5.74, 6) is 0.823. The smallest absolute Gasteiger partial charge is 0.146 e. The van der Waals surface area contributed by atoms with Crippen molar-refractivity contribution < 1.29 is 4.39 Å². The average molecular weight is 241 g/mol. The number of anilines is 1. The van der Waals surface area contributed by atoms with E-state index in [0.29, 0.717) is 5.69 Å². The van der Waals surface area contributed by atoms with Gasteiger partial charge in [0.2, 0.25) is 0 Å². The number of halogens is 1. The zero-order valence-corrected chi connectivity index (χ0v) is 10.7. The van der Waals surface area contributed by atoms with Crippen LogP contribution in [0.4, 0.5) is 10.1 Å². The van der Waals surface area contributed by atoms with E-state index in [4.69, 9.17) is 0 Å². The van der Waals surface area contributed by atoms with Gasteiger partial charge in [-0.15, -0.1) is 0 Å². The Morgan fingerprint density at radius 1 is 1.12 bits per heavy atom. The van der Waals surface area contributed by atoms with E-state index < -0.39 is 0 Å². The van der Waals surface area contributed by atoms with E-state index >= 15 is 0 Å². The summed E-state index contributed by atoms with van der Waals surface area (Å²) in [7, 11) is 1.94. The van der Waals surface area contributed by atoms with Crippen LogP contribution in [0, 0.1) is 5.82 Å². The van der Waals surface area contributed by atoms with Gasteiger partial charge in [0.25, 0.3) is 0 Å². The van der Waals surface area contributed by atoms with Crippen LogP contribution in [0.1, 0.15) is 25.7 Å². The van der Waals surface area contributed by atoms with Crippen LogP contribution >= 0.6 is 12.6 Å². The Kier molecular flexibility index (Phi) is 6.31. The fraction of sp³-hybridized carbons (Fsp3) is 0.538. The lowest BCUT2D eigenvalue weighted by molar-refractivity contribution is 0.614. The summed E-state index contributed by atoms with van der Waals surface area (Å²) >= 11 is 4.17. The number of hydrogen-bond donors (Lipinski definition) is 1. The second-order valence-corrected chi connectivity index (χ2v) is 4.46. The molecule has 0 saturated carbocycles. The third-order valence-electron chi connectivity index (χ3n) is 2.67. The van der Waals surface area contributed by atoms with E-state index in [1.807, 2.05) is 24.1 Å². The third kappa shape index (κ3) is 4.44. The molecular weight excluding hydrogens is 221 g/mol. The van der Waals surface area contributed by atoms with E-state index in [2.05, 4.69) is 12.6 Å². The lowest BCUT2D eigenvalue weighted by Crippen LogP contribution is -2.19. The van der Waals surface area contributed by atoms with Crippen LogP contribution in [0.15, 0.2) is 24.3 Å². The molecule has 3 heteroatoms. The lowest BCUT2D eigenvalue weighted by Gasteiger charge is -2.19. The molecule has 0 aliphatic carbocycles. The van der Waals surface area contributed by atoms with E-state index in [1.54, 1.807) is 6.07 Å². The number of benzene rings is 1. The Morgan fingerprint density at radius 3 is 2.50 bits per heavy atom. The maximum absolute atomic E-state index is 13.4. The monoisotopic (exact) mass is 241 g/mol. The normalized spacial score (nSPS) is 10.4. The Morgan fingerprint density at radius 2 is 1.81 bits per heavy atom. The Hall–Kier alpha value is -0.700. The van der Waals surface area contributed by atoms with Gasteiger partial charge < -0.3 is 4.90 Å². The number of para-hydroxylation sites is 1. The van der Waals surface area contributed by atoms with Gasteiger partial charge in [0.15, 0.2) is 0 Å². The largest absolute Gasteiger partial charge is 0.372 e. The van der Waals surface area contributed by atoms with Gasteiger partial charge in [-0.25, -0.2) is 4.39 Å². The molecule has 0 bridgehead atoms. The standard InChI is InChI=1S/C13H20FNS/c1-15(10-6-2-3-7-11-16)13-9-5-4-8-12(13)14/h4-5,8-9,16H,2-3,6-7,10-11H2,1H3. The third-order valence-corrected chi connectivity index (χ3v) is 2.98. The molecule has 1 aromatic rings. The zero-order valence-electron chi connectivity index (χ0n) is 9.82. The number of unbranched alkanes of at least 4 members (excludes halogenated alkanes) is 3. The summed E-state index contributed by atoms with van der Waals surface area (Å²) in [6.07, 6.45) is 4.69. The van der Waals surface area contributed by atoms with Crippen molar-refractivity contribution in [2.75, 3.05) is 24.2 Å². The summed E-state index contributed by atoms with van der Waals surface area (Å²) in [6.45, 7) is 0.910. The SMILES string of the molecule is CN(CCCCCCS)c1ccccc1F. The molecule has 0 heterocycles. The lowest BCUT2D eigenvalue weighted by atomic mass is 10.2. The molecule has 0 amide bonds. The minimum atomic E-state index is -0.139. The first-order valence-electron chi connectivity index (χ1n) is 5.82. The van der Waals surface area contributed by atoms with Gasteiger partial charge >= 0.3 is 0 Å². The summed E-state index contributed by atoms with van der Waals surface area (Å²) in [5.41, 5.74) is 0.691. The van der Waals surface area contributed by atoms with E-state index in [9.17, 15) is 4.39 Å². The molecule has 0 spiro atoms. The molecular formula is C13H20FNS. The maximum atomic E-state index is 13.4. The highest BCUT2D eigenvalue weighted by atomic mass is 32.1. The molecule has 0 aromatic heterocycles. The molecule has 0 radical (unpaired) electrons. The summed E-state index contributed by atoms with van der Waals surface area (Å²) < 4.78 is 13.4. The highest BCUT2D eigenvalue weighted by Crippen LogP contribution is 2.17. The number of nitrogens with zero attached hydrogens (tertiary/aromatic N) is 1. The van der Waals surface area contributed by atoms with Crippen molar-refractivity contribution in [2.24, 2.45) is 0 Å². The van der Waals surface area contributed by atoms with Gasteiger partial charge in [-0.3, -0.25) is 0 Å². The van der Waals surface area contributed by atoms with Crippen molar-refractivity contribution in [1.82, 2.24) is 0 Å². The van der Waals surface area contributed by atoms with Crippen molar-refractivity contribution >= 4 is 18.3 Å². The minimum Gasteiger partial charge on any atom is -0.372 e. The van der Waals surface area contributed by atoms with Crippen LogP contribution in [0.3, 0.4) is 0 Å². The van der Waals surface area contributed by atoms with Crippen LogP contribution in [0.2, 0.25) is 0 Å². The number of thiol groups is 1.